The van der Waals surface area contributed by atoms with Crippen molar-refractivity contribution in [2.24, 2.45) is 9.98 Å². The molecule has 2 atom stereocenters. The number of aliphatic imine (C=N–C) groups is 2. The summed E-state index contributed by atoms with van der Waals surface area (Å²) in [7, 11) is 0. The van der Waals surface area contributed by atoms with Crippen molar-refractivity contribution in [1.29, 1.82) is 0 Å². The van der Waals surface area contributed by atoms with E-state index in [1.165, 1.54) is 140 Å². The standard InChI is InChI=1S/C44H70N2O2/c1-3-5-7-9-11-13-15-17-19-21-25-37-29-31-43(47)39(33-37)35-45-41-27-23-24-28-42(41)46-36-40-34-38(30-32-44(40)48)26-22-20-18-16-14-12-10-8-6-4-2/h29-36,41-42,47-48H,3-28H2,1-2H3/t41-,42-/m0/s1. The van der Waals surface area contributed by atoms with E-state index in [9.17, 15) is 10.2 Å². The molecule has 0 saturated heterocycles. The summed E-state index contributed by atoms with van der Waals surface area (Å²) in [5.41, 5.74) is 4.18. The van der Waals surface area contributed by atoms with Crippen molar-refractivity contribution in [3.8, 4) is 11.5 Å². The van der Waals surface area contributed by atoms with E-state index in [4.69, 9.17) is 9.98 Å². The Morgan fingerprint density at radius 2 is 0.833 bits per heavy atom. The van der Waals surface area contributed by atoms with Gasteiger partial charge in [0.2, 0.25) is 0 Å². The fraction of sp³-hybridized carbons (Fsp3) is 0.682. The highest BCUT2D eigenvalue weighted by atomic mass is 16.3. The van der Waals surface area contributed by atoms with Gasteiger partial charge in [0, 0.05) is 23.6 Å². The fourth-order valence-electron chi connectivity index (χ4n) is 7.15. The molecule has 268 valence electrons. The first-order chi connectivity index (χ1) is 23.6. The number of phenols is 2. The molecular formula is C44H70N2O2. The number of rotatable bonds is 26. The first kappa shape index (κ1) is 39.8. The van der Waals surface area contributed by atoms with Crippen LogP contribution in [0.3, 0.4) is 0 Å². The normalized spacial score (nSPS) is 16.8. The van der Waals surface area contributed by atoms with Crippen LogP contribution in [0.4, 0.5) is 0 Å². The van der Waals surface area contributed by atoms with Gasteiger partial charge in [0.25, 0.3) is 0 Å². The SMILES string of the molecule is CCCCCCCCCCCCc1ccc(O)c(C=N[C@H]2CCCC[C@@H]2N=Cc2cc(CCCCCCCCCCCC)ccc2O)c1. The van der Waals surface area contributed by atoms with E-state index in [1.54, 1.807) is 0 Å². The molecule has 1 fully saturated rings. The van der Waals surface area contributed by atoms with Crippen LogP contribution in [0.5, 0.6) is 11.5 Å². The Balaban J connectivity index is 1.44. The van der Waals surface area contributed by atoms with Gasteiger partial charge in [-0.2, -0.15) is 0 Å². The second-order valence-corrected chi connectivity index (χ2v) is 14.6. The van der Waals surface area contributed by atoms with Crippen LogP contribution in [-0.4, -0.2) is 34.7 Å². The molecule has 1 aliphatic rings. The van der Waals surface area contributed by atoms with E-state index >= 15 is 0 Å². The second kappa shape index (κ2) is 25.4. The Morgan fingerprint density at radius 1 is 0.500 bits per heavy atom. The number of nitrogens with zero attached hydrogens (tertiary/aromatic N) is 2. The van der Waals surface area contributed by atoms with Crippen LogP contribution < -0.4 is 0 Å². The second-order valence-electron chi connectivity index (χ2n) is 14.6. The Morgan fingerprint density at radius 3 is 1.19 bits per heavy atom. The summed E-state index contributed by atoms with van der Waals surface area (Å²) < 4.78 is 0. The molecule has 0 heterocycles. The summed E-state index contributed by atoms with van der Waals surface area (Å²) in [6.45, 7) is 4.56. The topological polar surface area (TPSA) is 65.2 Å². The zero-order valence-electron chi connectivity index (χ0n) is 30.9. The van der Waals surface area contributed by atoms with Crippen molar-refractivity contribution in [3.05, 3.63) is 58.7 Å². The van der Waals surface area contributed by atoms with Crippen LogP contribution in [0.25, 0.3) is 0 Å². The summed E-state index contributed by atoms with van der Waals surface area (Å²) >= 11 is 0. The van der Waals surface area contributed by atoms with Gasteiger partial charge in [-0.1, -0.05) is 154 Å². The maximum Gasteiger partial charge on any atom is 0.124 e. The third kappa shape index (κ3) is 16.7. The smallest absolute Gasteiger partial charge is 0.124 e. The minimum absolute atomic E-state index is 0.0944. The van der Waals surface area contributed by atoms with Crippen molar-refractivity contribution in [2.75, 3.05) is 0 Å². The minimum atomic E-state index is 0.0944. The lowest BCUT2D eigenvalue weighted by Crippen LogP contribution is -2.27. The minimum Gasteiger partial charge on any atom is -0.507 e. The maximum absolute atomic E-state index is 10.6. The van der Waals surface area contributed by atoms with Crippen molar-refractivity contribution in [3.63, 3.8) is 0 Å². The van der Waals surface area contributed by atoms with Gasteiger partial charge in [-0.15, -0.1) is 0 Å². The molecule has 4 heteroatoms. The number of phenolic OH excluding ortho intramolecular Hbond substituents is 2. The van der Waals surface area contributed by atoms with Gasteiger partial charge < -0.3 is 10.2 Å². The molecule has 0 radical (unpaired) electrons. The summed E-state index contributed by atoms with van der Waals surface area (Å²) in [4.78, 5) is 9.95. The molecule has 0 unspecified atom stereocenters. The third-order valence-corrected chi connectivity index (χ3v) is 10.3. The molecule has 0 aromatic heterocycles. The van der Waals surface area contributed by atoms with Gasteiger partial charge in [-0.05, 0) is 73.9 Å². The lowest BCUT2D eigenvalue weighted by Gasteiger charge is -2.25. The van der Waals surface area contributed by atoms with E-state index in [-0.39, 0.29) is 12.1 Å². The largest absolute Gasteiger partial charge is 0.507 e. The number of hydrogen-bond acceptors (Lipinski definition) is 4. The maximum atomic E-state index is 10.6. The summed E-state index contributed by atoms with van der Waals surface area (Å²) in [5, 5.41) is 21.2. The Hall–Kier alpha value is -2.62. The molecule has 3 rings (SSSR count). The first-order valence-corrected chi connectivity index (χ1v) is 20.3. The van der Waals surface area contributed by atoms with Crippen molar-refractivity contribution in [1.82, 2.24) is 0 Å². The molecule has 0 amide bonds. The molecule has 1 saturated carbocycles. The summed E-state index contributed by atoms with van der Waals surface area (Å²) in [6.07, 6.45) is 37.0. The number of unbranched alkanes of at least 4 members (excludes halogenated alkanes) is 18. The highest BCUT2D eigenvalue weighted by Crippen LogP contribution is 2.26. The molecule has 4 nitrogen and oxygen atoms in total. The lowest BCUT2D eigenvalue weighted by atomic mass is 9.91. The van der Waals surface area contributed by atoms with Gasteiger partial charge in [-0.3, -0.25) is 9.98 Å². The molecule has 2 aromatic rings. The molecule has 0 spiro atoms. The highest BCUT2D eigenvalue weighted by molar-refractivity contribution is 5.84. The highest BCUT2D eigenvalue weighted by Gasteiger charge is 2.23. The molecule has 2 aromatic carbocycles. The average molecular weight is 659 g/mol. The van der Waals surface area contributed by atoms with E-state index in [0.29, 0.717) is 11.5 Å². The predicted octanol–water partition coefficient (Wildman–Crippen LogP) is 12.9. The van der Waals surface area contributed by atoms with E-state index < -0.39 is 0 Å². The predicted molar refractivity (Wildman–Crippen MR) is 209 cm³/mol. The van der Waals surface area contributed by atoms with Crippen LogP contribution >= 0.6 is 0 Å². The van der Waals surface area contributed by atoms with E-state index in [1.807, 2.05) is 24.6 Å². The van der Waals surface area contributed by atoms with Crippen LogP contribution in [0.1, 0.15) is 190 Å². The summed E-state index contributed by atoms with van der Waals surface area (Å²) in [6, 6.07) is 12.2. The number of benzene rings is 2. The molecule has 2 N–H and O–H groups in total. The molecule has 0 aliphatic heterocycles. The van der Waals surface area contributed by atoms with Crippen molar-refractivity contribution < 1.29 is 10.2 Å². The van der Waals surface area contributed by atoms with Gasteiger partial charge in [0.05, 0.1) is 12.1 Å². The van der Waals surface area contributed by atoms with Crippen LogP contribution in [0, 0.1) is 0 Å². The number of aromatic hydroxyl groups is 2. The fourth-order valence-corrected chi connectivity index (χ4v) is 7.15. The van der Waals surface area contributed by atoms with Gasteiger partial charge in [0.1, 0.15) is 11.5 Å². The van der Waals surface area contributed by atoms with Gasteiger partial charge >= 0.3 is 0 Å². The molecule has 0 bridgehead atoms. The summed E-state index contributed by atoms with van der Waals surface area (Å²) in [5.74, 6) is 0.594. The van der Waals surface area contributed by atoms with Gasteiger partial charge in [0.15, 0.2) is 0 Å². The van der Waals surface area contributed by atoms with Crippen molar-refractivity contribution in [2.45, 2.75) is 193 Å². The Bertz CT molecular complexity index is 1080. The molecular weight excluding hydrogens is 588 g/mol. The van der Waals surface area contributed by atoms with Crippen LogP contribution in [-0.2, 0) is 12.8 Å². The molecule has 1 aliphatic carbocycles. The van der Waals surface area contributed by atoms with Crippen LogP contribution in [0.2, 0.25) is 0 Å². The Kier molecular flexibility index (Phi) is 21.0. The number of hydrogen-bond donors (Lipinski definition) is 2. The van der Waals surface area contributed by atoms with E-state index in [0.717, 1.165) is 49.7 Å². The third-order valence-electron chi connectivity index (χ3n) is 10.3. The van der Waals surface area contributed by atoms with Crippen molar-refractivity contribution >= 4 is 12.4 Å². The zero-order chi connectivity index (χ0) is 34.1. The van der Waals surface area contributed by atoms with E-state index in [2.05, 4.69) is 38.1 Å². The first-order valence-electron chi connectivity index (χ1n) is 20.3. The van der Waals surface area contributed by atoms with Crippen LogP contribution in [0.15, 0.2) is 46.4 Å². The monoisotopic (exact) mass is 659 g/mol. The Labute approximate surface area is 295 Å². The number of aryl methyl sites for hydroxylation is 2. The molecule has 48 heavy (non-hydrogen) atoms. The van der Waals surface area contributed by atoms with Gasteiger partial charge in [-0.25, -0.2) is 0 Å². The zero-order valence-corrected chi connectivity index (χ0v) is 30.9. The lowest BCUT2D eigenvalue weighted by molar-refractivity contribution is 0.390. The average Bonchev–Trinajstić information content (AvgIpc) is 3.10. The quantitative estimate of drug-likeness (QED) is 0.0780.